The number of carbonyl (C=O) groups is 1. The van der Waals surface area contributed by atoms with E-state index in [-0.39, 0.29) is 11.6 Å². The molecule has 0 aliphatic carbocycles. The summed E-state index contributed by atoms with van der Waals surface area (Å²) in [6.07, 6.45) is 1.93. The van der Waals surface area contributed by atoms with Crippen LogP contribution in [0.5, 0.6) is 0 Å². The van der Waals surface area contributed by atoms with E-state index in [9.17, 15) is 9.18 Å². The molecule has 0 bridgehead atoms. The quantitative estimate of drug-likeness (QED) is 0.655. The van der Waals surface area contributed by atoms with E-state index in [1.165, 1.54) is 36.0 Å². The van der Waals surface area contributed by atoms with Crippen LogP contribution in [-0.2, 0) is 0 Å². The van der Waals surface area contributed by atoms with Crippen molar-refractivity contribution in [2.24, 2.45) is 0 Å². The van der Waals surface area contributed by atoms with Crippen LogP contribution in [0.4, 0.5) is 4.39 Å². The molecule has 0 unspecified atom stereocenters. The fourth-order valence-electron chi connectivity index (χ4n) is 1.38. The number of benzene rings is 1. The lowest BCUT2D eigenvalue weighted by Crippen LogP contribution is -2.01. The summed E-state index contributed by atoms with van der Waals surface area (Å²) in [6.45, 7) is 0. The predicted octanol–water partition coefficient (Wildman–Crippen LogP) is 3.11. The second-order valence-corrected chi connectivity index (χ2v) is 4.12. The molecule has 1 N–H and O–H groups in total. The van der Waals surface area contributed by atoms with Gasteiger partial charge in [-0.05, 0) is 42.7 Å². The van der Waals surface area contributed by atoms with Crippen LogP contribution in [0.15, 0.2) is 41.4 Å². The molecular weight excluding hydrogens is 225 g/mol. The van der Waals surface area contributed by atoms with Gasteiger partial charge in [0.25, 0.3) is 0 Å². The predicted molar refractivity (Wildman–Crippen MR) is 62.4 cm³/mol. The molecule has 0 amide bonds. The summed E-state index contributed by atoms with van der Waals surface area (Å²) < 4.78 is 12.7. The number of hydrogen-bond acceptors (Lipinski definition) is 2. The minimum absolute atomic E-state index is 0.125. The Bertz CT molecular complexity index is 504. The second kappa shape index (κ2) is 4.53. The number of aromatic amines is 1. The van der Waals surface area contributed by atoms with Crippen LogP contribution < -0.4 is 0 Å². The molecule has 0 saturated heterocycles. The number of halogens is 1. The molecule has 0 aliphatic heterocycles. The third kappa shape index (κ3) is 2.17. The lowest BCUT2D eigenvalue weighted by Gasteiger charge is -1.98. The molecule has 0 saturated carbocycles. The van der Waals surface area contributed by atoms with Crippen molar-refractivity contribution >= 4 is 17.5 Å². The molecule has 2 rings (SSSR count). The first-order chi connectivity index (χ1) is 7.70. The normalized spacial score (nSPS) is 10.4. The average molecular weight is 235 g/mol. The Labute approximate surface area is 96.9 Å². The van der Waals surface area contributed by atoms with E-state index in [0.717, 1.165) is 5.03 Å². The maximum atomic E-state index is 12.7. The third-order valence-electron chi connectivity index (χ3n) is 2.23. The van der Waals surface area contributed by atoms with Crippen molar-refractivity contribution in [1.29, 1.82) is 0 Å². The number of hydrogen-bond donors (Lipinski definition) is 1. The highest BCUT2D eigenvalue weighted by atomic mass is 32.2. The molecule has 2 nitrogen and oxygen atoms in total. The molecule has 1 aromatic heterocycles. The first kappa shape index (κ1) is 11.0. The molecule has 2 aromatic rings. The molecular formula is C12H10FNOS. The lowest BCUT2D eigenvalue weighted by molar-refractivity contribution is 0.103. The molecule has 4 heteroatoms. The Balaban J connectivity index is 2.28. The monoisotopic (exact) mass is 235 g/mol. The third-order valence-corrected chi connectivity index (χ3v) is 2.91. The van der Waals surface area contributed by atoms with Gasteiger partial charge in [-0.2, -0.15) is 0 Å². The number of aromatic nitrogens is 1. The minimum Gasteiger partial charge on any atom is -0.347 e. The van der Waals surface area contributed by atoms with E-state index in [4.69, 9.17) is 0 Å². The van der Waals surface area contributed by atoms with Crippen molar-refractivity contribution in [3.8, 4) is 0 Å². The Morgan fingerprint density at radius 1 is 1.19 bits per heavy atom. The van der Waals surface area contributed by atoms with Crippen molar-refractivity contribution in [3.63, 3.8) is 0 Å². The Morgan fingerprint density at radius 2 is 1.88 bits per heavy atom. The zero-order valence-electron chi connectivity index (χ0n) is 8.66. The smallest absolute Gasteiger partial charge is 0.209 e. The summed E-state index contributed by atoms with van der Waals surface area (Å²) in [6, 6.07) is 9.12. The summed E-state index contributed by atoms with van der Waals surface area (Å²) in [5.41, 5.74) is 1.01. The highest BCUT2D eigenvalue weighted by molar-refractivity contribution is 7.98. The van der Waals surface area contributed by atoms with Crippen LogP contribution in [-0.4, -0.2) is 17.0 Å². The van der Waals surface area contributed by atoms with Gasteiger partial charge in [-0.3, -0.25) is 4.79 Å². The molecule has 0 aliphatic rings. The van der Waals surface area contributed by atoms with Gasteiger partial charge in [-0.15, -0.1) is 11.8 Å². The Hall–Kier alpha value is -1.55. The molecule has 0 spiro atoms. The fourth-order valence-corrected chi connectivity index (χ4v) is 1.80. The minimum atomic E-state index is -0.340. The van der Waals surface area contributed by atoms with Crippen LogP contribution in [0, 0.1) is 5.82 Å². The highest BCUT2D eigenvalue weighted by Crippen LogP contribution is 2.16. The van der Waals surface area contributed by atoms with E-state index in [0.29, 0.717) is 11.3 Å². The molecule has 0 radical (unpaired) electrons. The molecule has 1 heterocycles. The van der Waals surface area contributed by atoms with Gasteiger partial charge in [-0.1, -0.05) is 0 Å². The maximum Gasteiger partial charge on any atom is 0.209 e. The van der Waals surface area contributed by atoms with Gasteiger partial charge in [0, 0.05) is 5.56 Å². The van der Waals surface area contributed by atoms with E-state index < -0.39 is 0 Å². The van der Waals surface area contributed by atoms with Crippen molar-refractivity contribution in [3.05, 3.63) is 53.5 Å². The standard InChI is InChI=1S/C12H10FNOS/c1-16-11-7-6-10(14-11)12(15)8-2-4-9(13)5-3-8/h2-7,14H,1H3. The summed E-state index contributed by atoms with van der Waals surface area (Å²) in [5, 5.41) is 0.936. The number of H-pyrrole nitrogens is 1. The molecule has 0 fully saturated rings. The number of nitrogens with one attached hydrogen (secondary N) is 1. The molecule has 1 aromatic carbocycles. The average Bonchev–Trinajstić information content (AvgIpc) is 2.77. The Morgan fingerprint density at radius 3 is 2.44 bits per heavy atom. The van der Waals surface area contributed by atoms with Gasteiger partial charge >= 0.3 is 0 Å². The van der Waals surface area contributed by atoms with E-state index in [2.05, 4.69) is 4.98 Å². The number of carbonyl (C=O) groups excluding carboxylic acids is 1. The van der Waals surface area contributed by atoms with Gasteiger partial charge in [-0.25, -0.2) is 4.39 Å². The van der Waals surface area contributed by atoms with Crippen LogP contribution in [0.2, 0.25) is 0 Å². The van der Waals surface area contributed by atoms with Crippen molar-refractivity contribution in [1.82, 2.24) is 4.98 Å². The fraction of sp³-hybridized carbons (Fsp3) is 0.0833. The van der Waals surface area contributed by atoms with Crippen molar-refractivity contribution in [2.75, 3.05) is 6.26 Å². The van der Waals surface area contributed by atoms with Crippen LogP contribution in [0.3, 0.4) is 0 Å². The van der Waals surface area contributed by atoms with Gasteiger partial charge in [0.05, 0.1) is 10.7 Å². The first-order valence-corrected chi connectivity index (χ1v) is 5.96. The van der Waals surface area contributed by atoms with E-state index in [1.54, 1.807) is 6.07 Å². The van der Waals surface area contributed by atoms with Crippen LogP contribution >= 0.6 is 11.8 Å². The summed E-state index contributed by atoms with van der Waals surface area (Å²) >= 11 is 1.54. The van der Waals surface area contributed by atoms with Crippen molar-refractivity contribution < 1.29 is 9.18 Å². The van der Waals surface area contributed by atoms with Crippen molar-refractivity contribution in [2.45, 2.75) is 5.03 Å². The summed E-state index contributed by atoms with van der Waals surface area (Å²) in [7, 11) is 0. The van der Waals surface area contributed by atoms with Gasteiger partial charge in [0.15, 0.2) is 0 Å². The van der Waals surface area contributed by atoms with Gasteiger partial charge in [0.1, 0.15) is 5.82 Å². The number of rotatable bonds is 3. The number of thioether (sulfide) groups is 1. The van der Waals surface area contributed by atoms with E-state index >= 15 is 0 Å². The van der Waals surface area contributed by atoms with Gasteiger partial charge in [0.2, 0.25) is 5.78 Å². The van der Waals surface area contributed by atoms with E-state index in [1.807, 2.05) is 12.3 Å². The topological polar surface area (TPSA) is 32.9 Å². The first-order valence-electron chi connectivity index (χ1n) is 4.74. The summed E-state index contributed by atoms with van der Waals surface area (Å²) in [4.78, 5) is 14.9. The SMILES string of the molecule is CSc1ccc(C(=O)c2ccc(F)cc2)[nH]1. The van der Waals surface area contributed by atoms with Crippen LogP contribution in [0.1, 0.15) is 16.1 Å². The second-order valence-electron chi connectivity index (χ2n) is 3.28. The van der Waals surface area contributed by atoms with Gasteiger partial charge < -0.3 is 4.98 Å². The molecule has 16 heavy (non-hydrogen) atoms. The Kier molecular flexibility index (Phi) is 3.10. The zero-order valence-corrected chi connectivity index (χ0v) is 9.48. The number of ketones is 1. The lowest BCUT2D eigenvalue weighted by atomic mass is 10.1. The highest BCUT2D eigenvalue weighted by Gasteiger charge is 2.10. The maximum absolute atomic E-state index is 12.7. The molecule has 82 valence electrons. The zero-order chi connectivity index (χ0) is 11.5. The largest absolute Gasteiger partial charge is 0.347 e. The summed E-state index contributed by atoms with van der Waals surface area (Å²) in [5.74, 6) is -0.465. The van der Waals surface area contributed by atoms with Crippen LogP contribution in [0.25, 0.3) is 0 Å². The molecule has 0 atom stereocenters.